The zero-order chi connectivity index (χ0) is 27.8. The summed E-state index contributed by atoms with van der Waals surface area (Å²) in [5, 5.41) is 0.879. The van der Waals surface area contributed by atoms with Crippen molar-refractivity contribution < 1.29 is 28.5 Å². The molecule has 1 aromatic carbocycles. The van der Waals surface area contributed by atoms with Gasteiger partial charge in [0.05, 0.1) is 37.8 Å². The lowest BCUT2D eigenvalue weighted by Crippen LogP contribution is -2.57. The van der Waals surface area contributed by atoms with E-state index >= 15 is 0 Å². The largest absolute Gasteiger partial charge is 0.497 e. The Labute approximate surface area is 230 Å². The van der Waals surface area contributed by atoms with Crippen molar-refractivity contribution in [2.24, 2.45) is 11.8 Å². The lowest BCUT2D eigenvalue weighted by Gasteiger charge is -2.51. The highest BCUT2D eigenvalue weighted by molar-refractivity contribution is 5.87. The Balaban J connectivity index is 1.57. The fourth-order valence-electron chi connectivity index (χ4n) is 6.86. The maximum atomic E-state index is 14.2. The van der Waals surface area contributed by atoms with Crippen LogP contribution in [0.15, 0.2) is 43.1 Å². The summed E-state index contributed by atoms with van der Waals surface area (Å²) >= 11 is 0. The molecule has 4 aliphatic rings. The van der Waals surface area contributed by atoms with Gasteiger partial charge in [-0.15, -0.1) is 6.58 Å². The van der Waals surface area contributed by atoms with E-state index in [-0.39, 0.29) is 12.5 Å². The molecule has 0 spiro atoms. The summed E-state index contributed by atoms with van der Waals surface area (Å²) in [6.45, 7) is 9.79. The first kappa shape index (κ1) is 27.6. The Bertz CT molecular complexity index is 1240. The molecule has 0 aliphatic carbocycles. The fourth-order valence-corrected chi connectivity index (χ4v) is 6.86. The number of aromatic nitrogens is 1. The monoisotopic (exact) mass is 536 g/mol. The fraction of sp³-hybridized carbons (Fsp3) is 0.581. The van der Waals surface area contributed by atoms with Gasteiger partial charge < -0.3 is 18.9 Å². The number of methoxy groups -OCH3 is 2. The van der Waals surface area contributed by atoms with E-state index in [0.29, 0.717) is 24.0 Å². The second-order valence-electron chi connectivity index (χ2n) is 11.8. The van der Waals surface area contributed by atoms with Crippen LogP contribution in [0.5, 0.6) is 5.75 Å². The third kappa shape index (κ3) is 5.41. The standard InChI is InChI=1S/C31H40N2O6/c1-6-20-19-33-15-11-21(20)16-26(33)28(23-10-14-32-25-9-8-22(36-4)17-24(23)25)38-29(35)31(18-27(34)37-5)13-7-12-30(2,3)39-31/h6,8-10,14,17,20-21,26,28H,1,7,11-13,15-16,18-19H2,2-5H3/t20?,21-,26+,28-,31?/m1/s1. The average Bonchev–Trinajstić information content (AvgIpc) is 2.94. The van der Waals surface area contributed by atoms with Crippen LogP contribution in [0.1, 0.15) is 64.0 Å². The molecular weight excluding hydrogens is 496 g/mol. The minimum Gasteiger partial charge on any atom is -0.497 e. The van der Waals surface area contributed by atoms with Crippen LogP contribution < -0.4 is 4.74 Å². The molecule has 8 nitrogen and oxygen atoms in total. The molecule has 2 bridgehead atoms. The molecule has 1 aromatic heterocycles. The van der Waals surface area contributed by atoms with Gasteiger partial charge in [-0.25, -0.2) is 4.79 Å². The number of carbonyl (C=O) groups excluding carboxylic acids is 2. The Kier molecular flexibility index (Phi) is 7.71. The molecule has 4 fully saturated rings. The molecule has 4 aliphatic heterocycles. The molecule has 2 aromatic rings. The summed E-state index contributed by atoms with van der Waals surface area (Å²) in [4.78, 5) is 33.8. The second kappa shape index (κ2) is 10.9. The summed E-state index contributed by atoms with van der Waals surface area (Å²) in [6, 6.07) is 7.67. The highest BCUT2D eigenvalue weighted by Crippen LogP contribution is 2.46. The first-order chi connectivity index (χ1) is 18.7. The summed E-state index contributed by atoms with van der Waals surface area (Å²) in [5.74, 6) is 0.610. The molecular formula is C31H40N2O6. The van der Waals surface area contributed by atoms with Gasteiger partial charge in [0.2, 0.25) is 0 Å². The molecule has 0 radical (unpaired) electrons. The molecule has 0 amide bonds. The first-order valence-corrected chi connectivity index (χ1v) is 14.0. The SMILES string of the molecule is C=CC1CN2CC[C@@H]1C[C@H]2[C@H](OC(=O)C1(CC(=O)OC)CCCC(C)(C)O1)c1ccnc2ccc(OC)cc12. The van der Waals surface area contributed by atoms with Crippen LogP contribution in [0, 0.1) is 11.8 Å². The van der Waals surface area contributed by atoms with Crippen molar-refractivity contribution in [2.45, 2.75) is 75.7 Å². The van der Waals surface area contributed by atoms with Gasteiger partial charge in [0.15, 0.2) is 5.60 Å². The quantitative estimate of drug-likeness (QED) is 0.344. The average molecular weight is 537 g/mol. The molecule has 8 heteroatoms. The number of piperidine rings is 3. The number of carbonyl (C=O) groups is 2. The topological polar surface area (TPSA) is 87.2 Å². The normalized spacial score (nSPS) is 30.4. The Morgan fingerprint density at radius 2 is 2.08 bits per heavy atom. The Morgan fingerprint density at radius 3 is 2.74 bits per heavy atom. The van der Waals surface area contributed by atoms with Crippen LogP contribution in [0.2, 0.25) is 0 Å². The van der Waals surface area contributed by atoms with E-state index in [0.717, 1.165) is 55.2 Å². The van der Waals surface area contributed by atoms with Crippen LogP contribution in [-0.4, -0.2) is 66.4 Å². The summed E-state index contributed by atoms with van der Waals surface area (Å²) in [7, 11) is 2.96. The number of hydrogen-bond donors (Lipinski definition) is 0. The van der Waals surface area contributed by atoms with Crippen LogP contribution in [0.4, 0.5) is 0 Å². The zero-order valence-corrected chi connectivity index (χ0v) is 23.5. The number of benzene rings is 1. The van der Waals surface area contributed by atoms with E-state index < -0.39 is 29.2 Å². The highest BCUT2D eigenvalue weighted by Gasteiger charge is 2.52. The number of hydrogen-bond acceptors (Lipinski definition) is 8. The van der Waals surface area contributed by atoms with Crippen molar-refractivity contribution >= 4 is 22.8 Å². The smallest absolute Gasteiger partial charge is 0.339 e. The van der Waals surface area contributed by atoms with Gasteiger partial charge in [-0.2, -0.15) is 0 Å². The summed E-state index contributed by atoms with van der Waals surface area (Å²) in [5.41, 5.74) is -0.292. The molecule has 3 unspecified atom stereocenters. The molecule has 6 rings (SSSR count). The molecule has 5 heterocycles. The van der Waals surface area contributed by atoms with Crippen molar-refractivity contribution in [1.82, 2.24) is 9.88 Å². The van der Waals surface area contributed by atoms with E-state index in [1.165, 1.54) is 7.11 Å². The minimum atomic E-state index is -1.40. The summed E-state index contributed by atoms with van der Waals surface area (Å²) in [6.07, 6.45) is 6.99. The predicted molar refractivity (Wildman–Crippen MR) is 147 cm³/mol. The van der Waals surface area contributed by atoms with E-state index in [1.807, 2.05) is 38.1 Å². The maximum Gasteiger partial charge on any atom is 0.339 e. The number of rotatable bonds is 8. The third-order valence-electron chi connectivity index (χ3n) is 8.89. The van der Waals surface area contributed by atoms with Crippen LogP contribution in [-0.2, 0) is 23.8 Å². The molecule has 210 valence electrons. The molecule has 39 heavy (non-hydrogen) atoms. The number of esters is 2. The van der Waals surface area contributed by atoms with E-state index in [2.05, 4.69) is 22.5 Å². The first-order valence-electron chi connectivity index (χ1n) is 14.0. The Hall–Kier alpha value is -2.97. The van der Waals surface area contributed by atoms with Gasteiger partial charge in [-0.3, -0.25) is 14.7 Å². The van der Waals surface area contributed by atoms with Crippen molar-refractivity contribution in [3.8, 4) is 5.75 Å². The van der Waals surface area contributed by atoms with Crippen LogP contribution in [0.3, 0.4) is 0 Å². The second-order valence-corrected chi connectivity index (χ2v) is 11.8. The number of ether oxygens (including phenoxy) is 4. The van der Waals surface area contributed by atoms with E-state index in [1.54, 1.807) is 13.3 Å². The van der Waals surface area contributed by atoms with Crippen LogP contribution in [0.25, 0.3) is 10.9 Å². The number of pyridine rings is 1. The Morgan fingerprint density at radius 1 is 1.26 bits per heavy atom. The number of fused-ring (bicyclic) bond motifs is 4. The van der Waals surface area contributed by atoms with Gasteiger partial charge in [0.25, 0.3) is 0 Å². The van der Waals surface area contributed by atoms with Gasteiger partial charge in [0.1, 0.15) is 11.9 Å². The number of nitrogens with zero attached hydrogens (tertiary/aromatic N) is 2. The van der Waals surface area contributed by atoms with Crippen molar-refractivity contribution in [1.29, 1.82) is 0 Å². The zero-order valence-electron chi connectivity index (χ0n) is 23.5. The van der Waals surface area contributed by atoms with Gasteiger partial charge >= 0.3 is 11.9 Å². The van der Waals surface area contributed by atoms with Crippen LogP contribution >= 0.6 is 0 Å². The van der Waals surface area contributed by atoms with Crippen molar-refractivity contribution in [2.75, 3.05) is 27.3 Å². The molecule has 0 N–H and O–H groups in total. The third-order valence-corrected chi connectivity index (χ3v) is 8.89. The summed E-state index contributed by atoms with van der Waals surface area (Å²) < 4.78 is 23.5. The maximum absolute atomic E-state index is 14.2. The van der Waals surface area contributed by atoms with Crippen molar-refractivity contribution in [3.63, 3.8) is 0 Å². The minimum absolute atomic E-state index is 0.0209. The molecule has 0 saturated carbocycles. The lowest BCUT2D eigenvalue weighted by molar-refractivity contribution is -0.219. The van der Waals surface area contributed by atoms with Gasteiger partial charge in [0, 0.05) is 23.7 Å². The lowest BCUT2D eigenvalue weighted by atomic mass is 9.73. The van der Waals surface area contributed by atoms with Gasteiger partial charge in [-0.05, 0) is 88.6 Å². The predicted octanol–water partition coefficient (Wildman–Crippen LogP) is 5.01. The molecule has 6 atom stereocenters. The molecule has 4 saturated heterocycles. The van der Waals surface area contributed by atoms with E-state index in [4.69, 9.17) is 18.9 Å². The van der Waals surface area contributed by atoms with E-state index in [9.17, 15) is 9.59 Å². The van der Waals surface area contributed by atoms with Gasteiger partial charge in [-0.1, -0.05) is 6.08 Å². The van der Waals surface area contributed by atoms with Crippen molar-refractivity contribution in [3.05, 3.63) is 48.7 Å². The highest BCUT2D eigenvalue weighted by atomic mass is 16.6.